The first-order chi connectivity index (χ1) is 16.4. The van der Waals surface area contributed by atoms with E-state index in [4.69, 9.17) is 12.2 Å². The molecule has 0 radical (unpaired) electrons. The third-order valence-electron chi connectivity index (χ3n) is 5.58. The quantitative estimate of drug-likeness (QED) is 0.263. The largest absolute Gasteiger partial charge is 0.342 e. The zero-order valence-corrected chi connectivity index (χ0v) is 18.5. The van der Waals surface area contributed by atoms with E-state index in [0.717, 1.165) is 21.4 Å². The smallest absolute Gasteiger partial charge is 0.270 e. The monoisotopic (exact) mass is 473 g/mol. The van der Waals surface area contributed by atoms with Crippen LogP contribution in [0.4, 0.5) is 14.5 Å². The van der Waals surface area contributed by atoms with Gasteiger partial charge in [0.2, 0.25) is 0 Å². The van der Waals surface area contributed by atoms with Crippen molar-refractivity contribution in [2.45, 2.75) is 6.54 Å². The Morgan fingerprint density at radius 2 is 1.62 bits per heavy atom. The van der Waals surface area contributed by atoms with Gasteiger partial charge in [0.25, 0.3) is 11.8 Å². The van der Waals surface area contributed by atoms with Crippen molar-refractivity contribution in [2.24, 2.45) is 0 Å². The Labute approximate surface area is 198 Å². The number of thiocarbonyl (C=S) groups is 1. The molecule has 5 nitrogen and oxygen atoms in total. The number of para-hydroxylation sites is 2. The standard InChI is InChI=1S/C26H17F2N3O2S/c27-18-11-9-16(10-12-18)14-30-15-17(19-5-1-3-7-22(19)30)13-20-24(32)29-26(34)31(25(20)33)23-8-4-2-6-21(23)28/h1-13,15H,14H2,(H,29,32,34)/b20-13-. The SMILES string of the molecule is O=C1NC(=S)N(c2ccccc2F)C(=O)/C1=C\c1cn(Cc2ccc(F)cc2)c2ccccc12. The third kappa shape index (κ3) is 3.88. The molecule has 2 heterocycles. The minimum atomic E-state index is -0.714. The predicted octanol–water partition coefficient (Wildman–Crippen LogP) is 4.80. The van der Waals surface area contributed by atoms with Crippen LogP contribution in [0.3, 0.4) is 0 Å². The number of nitrogens with zero attached hydrogens (tertiary/aromatic N) is 2. The first-order valence-electron chi connectivity index (χ1n) is 10.4. The number of rotatable bonds is 4. The lowest BCUT2D eigenvalue weighted by Gasteiger charge is -2.29. The highest BCUT2D eigenvalue weighted by atomic mass is 32.1. The fourth-order valence-corrected chi connectivity index (χ4v) is 4.25. The molecule has 1 aliphatic heterocycles. The number of benzene rings is 3. The number of hydrogen-bond donors (Lipinski definition) is 1. The number of amides is 2. The molecule has 1 N–H and O–H groups in total. The molecule has 0 aliphatic carbocycles. The molecule has 0 saturated carbocycles. The van der Waals surface area contributed by atoms with E-state index >= 15 is 0 Å². The van der Waals surface area contributed by atoms with Crippen molar-refractivity contribution < 1.29 is 18.4 Å². The van der Waals surface area contributed by atoms with E-state index in [1.54, 1.807) is 18.2 Å². The average molecular weight is 474 g/mol. The Morgan fingerprint density at radius 3 is 2.38 bits per heavy atom. The van der Waals surface area contributed by atoms with Gasteiger partial charge >= 0.3 is 0 Å². The van der Waals surface area contributed by atoms with Crippen LogP contribution < -0.4 is 10.2 Å². The van der Waals surface area contributed by atoms with Crippen LogP contribution in [-0.4, -0.2) is 21.5 Å². The van der Waals surface area contributed by atoms with E-state index in [2.05, 4.69) is 5.32 Å². The minimum absolute atomic E-state index is 0.0397. The van der Waals surface area contributed by atoms with E-state index in [1.165, 1.54) is 36.4 Å². The first-order valence-corrected chi connectivity index (χ1v) is 10.8. The van der Waals surface area contributed by atoms with Crippen LogP contribution in [0.1, 0.15) is 11.1 Å². The topological polar surface area (TPSA) is 54.3 Å². The van der Waals surface area contributed by atoms with Gasteiger partial charge in [-0.15, -0.1) is 0 Å². The summed E-state index contributed by atoms with van der Waals surface area (Å²) in [5.41, 5.74) is 2.20. The zero-order valence-electron chi connectivity index (χ0n) is 17.7. The molecule has 0 bridgehead atoms. The molecule has 1 saturated heterocycles. The number of nitrogens with one attached hydrogen (secondary N) is 1. The van der Waals surface area contributed by atoms with Crippen molar-refractivity contribution in [2.75, 3.05) is 4.90 Å². The van der Waals surface area contributed by atoms with Crippen LogP contribution in [-0.2, 0) is 16.1 Å². The lowest BCUT2D eigenvalue weighted by Crippen LogP contribution is -2.54. The summed E-state index contributed by atoms with van der Waals surface area (Å²) < 4.78 is 29.7. The molecule has 1 aromatic heterocycles. The lowest BCUT2D eigenvalue weighted by atomic mass is 10.1. The van der Waals surface area contributed by atoms with Gasteiger partial charge in [-0.25, -0.2) is 13.7 Å². The van der Waals surface area contributed by atoms with Crippen molar-refractivity contribution in [1.29, 1.82) is 0 Å². The summed E-state index contributed by atoms with van der Waals surface area (Å²) in [4.78, 5) is 26.9. The summed E-state index contributed by atoms with van der Waals surface area (Å²) >= 11 is 5.15. The van der Waals surface area contributed by atoms with Crippen molar-refractivity contribution in [3.05, 3.63) is 107 Å². The van der Waals surface area contributed by atoms with Gasteiger partial charge in [-0.3, -0.25) is 14.9 Å². The Kier molecular flexibility index (Phi) is 5.51. The number of anilines is 1. The molecule has 34 heavy (non-hydrogen) atoms. The van der Waals surface area contributed by atoms with Crippen LogP contribution in [0.2, 0.25) is 0 Å². The second-order valence-corrected chi connectivity index (χ2v) is 8.15. The molecule has 4 aromatic rings. The molecule has 8 heteroatoms. The van der Waals surface area contributed by atoms with Crippen molar-refractivity contribution in [1.82, 2.24) is 9.88 Å². The van der Waals surface area contributed by atoms with Gasteiger partial charge in [0, 0.05) is 29.2 Å². The van der Waals surface area contributed by atoms with Gasteiger partial charge in [0.1, 0.15) is 17.2 Å². The fourth-order valence-electron chi connectivity index (χ4n) is 3.97. The molecular weight excluding hydrogens is 456 g/mol. The summed E-state index contributed by atoms with van der Waals surface area (Å²) in [5.74, 6) is -2.32. The van der Waals surface area contributed by atoms with Gasteiger partial charge in [-0.2, -0.15) is 0 Å². The Hall–Kier alpha value is -4.17. The highest BCUT2D eigenvalue weighted by molar-refractivity contribution is 7.80. The Balaban J connectivity index is 1.57. The second kappa shape index (κ2) is 8.64. The third-order valence-corrected chi connectivity index (χ3v) is 5.87. The molecule has 0 spiro atoms. The molecule has 1 aliphatic rings. The van der Waals surface area contributed by atoms with Gasteiger partial charge < -0.3 is 4.57 Å². The maximum absolute atomic E-state index is 14.4. The molecule has 0 atom stereocenters. The van der Waals surface area contributed by atoms with E-state index in [9.17, 15) is 18.4 Å². The zero-order chi connectivity index (χ0) is 23.8. The van der Waals surface area contributed by atoms with Crippen molar-refractivity contribution in [3.63, 3.8) is 0 Å². The number of aromatic nitrogens is 1. The lowest BCUT2D eigenvalue weighted by molar-refractivity contribution is -0.122. The maximum Gasteiger partial charge on any atom is 0.270 e. The molecule has 1 fully saturated rings. The van der Waals surface area contributed by atoms with E-state index in [1.807, 2.05) is 35.0 Å². The van der Waals surface area contributed by atoms with Crippen LogP contribution in [0, 0.1) is 11.6 Å². The molecular formula is C26H17F2N3O2S. The van der Waals surface area contributed by atoms with E-state index in [-0.39, 0.29) is 22.2 Å². The summed E-state index contributed by atoms with van der Waals surface area (Å²) in [6.45, 7) is 0.468. The second-order valence-electron chi connectivity index (χ2n) is 7.77. The van der Waals surface area contributed by atoms with Crippen molar-refractivity contribution >= 4 is 51.8 Å². The fraction of sp³-hybridized carbons (Fsp3) is 0.0385. The van der Waals surface area contributed by atoms with Crippen molar-refractivity contribution in [3.8, 4) is 0 Å². The summed E-state index contributed by atoms with van der Waals surface area (Å²) in [6, 6.07) is 19.5. The number of fused-ring (bicyclic) bond motifs is 1. The predicted molar refractivity (Wildman–Crippen MR) is 130 cm³/mol. The van der Waals surface area contributed by atoms with Crippen LogP contribution in [0.25, 0.3) is 17.0 Å². The van der Waals surface area contributed by atoms with E-state index in [0.29, 0.717) is 12.1 Å². The highest BCUT2D eigenvalue weighted by Gasteiger charge is 2.35. The number of carbonyl (C=O) groups is 2. The molecule has 0 unspecified atom stereocenters. The van der Waals surface area contributed by atoms with Crippen LogP contribution in [0.15, 0.2) is 84.6 Å². The maximum atomic E-state index is 14.4. The first kappa shape index (κ1) is 21.7. The Bertz CT molecular complexity index is 1490. The van der Waals surface area contributed by atoms with Gasteiger partial charge in [0.15, 0.2) is 5.11 Å². The molecule has 2 amide bonds. The molecule has 5 rings (SSSR count). The number of carbonyl (C=O) groups excluding carboxylic acids is 2. The van der Waals surface area contributed by atoms with Gasteiger partial charge in [-0.1, -0.05) is 42.5 Å². The Morgan fingerprint density at radius 1 is 0.912 bits per heavy atom. The summed E-state index contributed by atoms with van der Waals surface area (Å²) in [7, 11) is 0. The van der Waals surface area contributed by atoms with Crippen LogP contribution in [0.5, 0.6) is 0 Å². The molecule has 3 aromatic carbocycles. The molecule has 168 valence electrons. The van der Waals surface area contributed by atoms with Gasteiger partial charge in [0.05, 0.1) is 5.69 Å². The number of halogens is 2. The minimum Gasteiger partial charge on any atom is -0.342 e. The summed E-state index contributed by atoms with van der Waals surface area (Å²) in [5, 5.41) is 3.11. The van der Waals surface area contributed by atoms with Gasteiger partial charge in [-0.05, 0) is 54.2 Å². The highest BCUT2D eigenvalue weighted by Crippen LogP contribution is 2.28. The number of hydrogen-bond acceptors (Lipinski definition) is 3. The van der Waals surface area contributed by atoms with E-state index < -0.39 is 17.6 Å². The average Bonchev–Trinajstić information content (AvgIpc) is 3.16. The van der Waals surface area contributed by atoms with Crippen LogP contribution >= 0.6 is 12.2 Å². The summed E-state index contributed by atoms with van der Waals surface area (Å²) in [6.07, 6.45) is 3.30. The normalized spacial score (nSPS) is 15.3.